The highest BCUT2D eigenvalue weighted by Gasteiger charge is 2.55. The summed E-state index contributed by atoms with van der Waals surface area (Å²) in [5.41, 5.74) is 0.643. The van der Waals surface area contributed by atoms with Crippen LogP contribution in [-0.2, 0) is 14.3 Å². The summed E-state index contributed by atoms with van der Waals surface area (Å²) in [4.78, 5) is 23.8. The monoisotopic (exact) mass is 339 g/mol. The first kappa shape index (κ1) is 13.6. The molecule has 2 fully saturated rings. The van der Waals surface area contributed by atoms with Gasteiger partial charge in [0.15, 0.2) is 0 Å². The second kappa shape index (κ2) is 5.18. The van der Waals surface area contributed by atoms with Gasteiger partial charge in [-0.2, -0.15) is 0 Å². The van der Waals surface area contributed by atoms with Gasteiger partial charge in [-0.25, -0.2) is 0 Å². The Morgan fingerprint density at radius 1 is 1.20 bits per heavy atom. The molecule has 0 saturated carbocycles. The van der Waals surface area contributed by atoms with Crippen molar-refractivity contribution in [2.24, 2.45) is 11.8 Å². The maximum atomic E-state index is 12.4. The number of rotatable bonds is 3. The van der Waals surface area contributed by atoms with Gasteiger partial charge in [-0.05, 0) is 40.9 Å². The number of carboxylic acid groups (broad SMARTS) is 1. The predicted octanol–water partition coefficient (Wildman–Crippen LogP) is 2.27. The number of aliphatic carboxylic acids is 1. The number of halogens is 1. The van der Waals surface area contributed by atoms with E-state index >= 15 is 0 Å². The molecule has 1 amide bonds. The van der Waals surface area contributed by atoms with Crippen molar-refractivity contribution in [1.82, 2.24) is 0 Å². The second-order valence-electron chi connectivity index (χ2n) is 5.15. The minimum absolute atomic E-state index is 0.274. The summed E-state index contributed by atoms with van der Waals surface area (Å²) in [5, 5.41) is 12.1. The smallest absolute Gasteiger partial charge is 0.310 e. The van der Waals surface area contributed by atoms with Gasteiger partial charge in [0.2, 0.25) is 5.91 Å². The van der Waals surface area contributed by atoms with Crippen LogP contribution in [0.5, 0.6) is 0 Å². The molecule has 2 bridgehead atoms. The van der Waals surface area contributed by atoms with Crippen LogP contribution in [0.3, 0.4) is 0 Å². The van der Waals surface area contributed by atoms with Gasteiger partial charge >= 0.3 is 5.97 Å². The fourth-order valence-corrected chi connectivity index (χ4v) is 3.49. The normalized spacial score (nSPS) is 31.2. The maximum absolute atomic E-state index is 12.4. The van der Waals surface area contributed by atoms with Crippen molar-refractivity contribution in [1.29, 1.82) is 0 Å². The minimum atomic E-state index is -0.954. The summed E-state index contributed by atoms with van der Waals surface area (Å²) in [5.74, 6) is -2.59. The van der Waals surface area contributed by atoms with Gasteiger partial charge in [0.1, 0.15) is 0 Å². The van der Waals surface area contributed by atoms with Crippen molar-refractivity contribution >= 4 is 33.5 Å². The fraction of sp³-hybridized carbons (Fsp3) is 0.429. The molecule has 2 N–H and O–H groups in total. The van der Waals surface area contributed by atoms with Crippen LogP contribution in [-0.4, -0.2) is 29.2 Å². The third kappa shape index (κ3) is 2.23. The molecular weight excluding hydrogens is 326 g/mol. The Hall–Kier alpha value is -1.40. The first-order chi connectivity index (χ1) is 9.58. The molecule has 5 nitrogen and oxygen atoms in total. The Kier molecular flexibility index (Phi) is 3.52. The molecule has 2 saturated heterocycles. The number of para-hydroxylation sites is 1. The van der Waals surface area contributed by atoms with E-state index in [9.17, 15) is 14.7 Å². The quantitative estimate of drug-likeness (QED) is 0.885. The van der Waals surface area contributed by atoms with Gasteiger partial charge in [0.25, 0.3) is 0 Å². The number of benzene rings is 1. The van der Waals surface area contributed by atoms with E-state index in [0.29, 0.717) is 5.69 Å². The van der Waals surface area contributed by atoms with E-state index in [1.54, 1.807) is 6.07 Å². The molecule has 2 aliphatic rings. The number of amides is 1. The molecular formula is C14H14BrNO4. The molecule has 3 rings (SSSR count). The van der Waals surface area contributed by atoms with Gasteiger partial charge in [-0.3, -0.25) is 9.59 Å². The lowest BCUT2D eigenvalue weighted by Gasteiger charge is -2.24. The number of anilines is 1. The van der Waals surface area contributed by atoms with E-state index in [1.807, 2.05) is 18.2 Å². The molecule has 6 heteroatoms. The average molecular weight is 340 g/mol. The van der Waals surface area contributed by atoms with Crippen molar-refractivity contribution in [2.45, 2.75) is 25.0 Å². The number of carboxylic acids is 1. The summed E-state index contributed by atoms with van der Waals surface area (Å²) < 4.78 is 6.36. The van der Waals surface area contributed by atoms with Crippen molar-refractivity contribution in [2.75, 3.05) is 5.32 Å². The van der Waals surface area contributed by atoms with Crippen LogP contribution in [0, 0.1) is 11.8 Å². The molecule has 0 aromatic heterocycles. The largest absolute Gasteiger partial charge is 0.481 e. The number of carbonyl (C=O) groups excluding carboxylic acids is 1. The SMILES string of the molecule is O=C(O)[C@@H]1[C@H](C(=O)Nc2ccccc2Br)[C@@H]2CC[C@H]1O2. The Morgan fingerprint density at radius 2 is 1.85 bits per heavy atom. The summed E-state index contributed by atoms with van der Waals surface area (Å²) in [6, 6.07) is 7.25. The highest BCUT2D eigenvalue weighted by Crippen LogP contribution is 2.44. The van der Waals surface area contributed by atoms with Gasteiger partial charge < -0.3 is 15.2 Å². The van der Waals surface area contributed by atoms with Crippen LogP contribution in [0.2, 0.25) is 0 Å². The Morgan fingerprint density at radius 3 is 2.50 bits per heavy atom. The zero-order chi connectivity index (χ0) is 14.3. The molecule has 106 valence electrons. The number of fused-ring (bicyclic) bond motifs is 2. The van der Waals surface area contributed by atoms with E-state index in [1.165, 1.54) is 0 Å². The Labute approximate surface area is 124 Å². The summed E-state index contributed by atoms with van der Waals surface area (Å²) >= 11 is 3.36. The van der Waals surface area contributed by atoms with Crippen LogP contribution in [0.1, 0.15) is 12.8 Å². The van der Waals surface area contributed by atoms with E-state index in [2.05, 4.69) is 21.2 Å². The molecule has 0 radical (unpaired) electrons. The zero-order valence-electron chi connectivity index (χ0n) is 10.6. The third-order valence-electron chi connectivity index (χ3n) is 3.99. The molecule has 0 spiro atoms. The lowest BCUT2D eigenvalue weighted by molar-refractivity contribution is -0.147. The van der Waals surface area contributed by atoms with Gasteiger partial charge in [0.05, 0.1) is 29.7 Å². The van der Waals surface area contributed by atoms with Crippen LogP contribution < -0.4 is 5.32 Å². The Bertz CT molecular complexity index is 562. The average Bonchev–Trinajstić information content (AvgIpc) is 3.01. The molecule has 0 aliphatic carbocycles. The van der Waals surface area contributed by atoms with Crippen molar-refractivity contribution in [3.8, 4) is 0 Å². The first-order valence-corrected chi connectivity index (χ1v) is 7.31. The van der Waals surface area contributed by atoms with E-state index in [4.69, 9.17) is 4.74 Å². The van der Waals surface area contributed by atoms with Gasteiger partial charge in [-0.1, -0.05) is 12.1 Å². The molecule has 2 aliphatic heterocycles. The molecule has 0 unspecified atom stereocenters. The van der Waals surface area contributed by atoms with Gasteiger partial charge in [-0.15, -0.1) is 0 Å². The fourth-order valence-electron chi connectivity index (χ4n) is 3.10. The summed E-state index contributed by atoms with van der Waals surface area (Å²) in [7, 11) is 0. The predicted molar refractivity (Wildman–Crippen MR) is 75.3 cm³/mol. The van der Waals surface area contributed by atoms with E-state index in [-0.39, 0.29) is 18.1 Å². The standard InChI is InChI=1S/C14H14BrNO4/c15-7-3-1-2-4-8(7)16-13(17)11-9-5-6-10(20-9)12(11)14(18)19/h1-4,9-12H,5-6H2,(H,16,17)(H,18,19)/t9-,10+,11+,12-/m0/s1. The highest BCUT2D eigenvalue weighted by molar-refractivity contribution is 9.10. The number of nitrogens with one attached hydrogen (secondary N) is 1. The molecule has 1 aromatic rings. The van der Waals surface area contributed by atoms with Crippen molar-refractivity contribution in [3.63, 3.8) is 0 Å². The number of hydrogen-bond acceptors (Lipinski definition) is 3. The van der Waals surface area contributed by atoms with Crippen molar-refractivity contribution in [3.05, 3.63) is 28.7 Å². The van der Waals surface area contributed by atoms with Crippen LogP contribution in [0.25, 0.3) is 0 Å². The topological polar surface area (TPSA) is 75.6 Å². The highest BCUT2D eigenvalue weighted by atomic mass is 79.9. The summed E-state index contributed by atoms with van der Waals surface area (Å²) in [6.45, 7) is 0. The maximum Gasteiger partial charge on any atom is 0.310 e. The number of carbonyl (C=O) groups is 2. The number of ether oxygens (including phenoxy) is 1. The molecule has 20 heavy (non-hydrogen) atoms. The van der Waals surface area contributed by atoms with Gasteiger partial charge in [0, 0.05) is 4.47 Å². The lowest BCUT2D eigenvalue weighted by atomic mass is 9.78. The van der Waals surface area contributed by atoms with Crippen LogP contribution in [0.4, 0.5) is 5.69 Å². The van der Waals surface area contributed by atoms with Crippen molar-refractivity contribution < 1.29 is 19.4 Å². The molecule has 1 aromatic carbocycles. The van der Waals surface area contributed by atoms with Crippen LogP contribution in [0.15, 0.2) is 28.7 Å². The summed E-state index contributed by atoms with van der Waals surface area (Å²) in [6.07, 6.45) is 0.874. The lowest BCUT2D eigenvalue weighted by Crippen LogP contribution is -2.41. The third-order valence-corrected chi connectivity index (χ3v) is 4.68. The minimum Gasteiger partial charge on any atom is -0.481 e. The first-order valence-electron chi connectivity index (χ1n) is 6.51. The Balaban J connectivity index is 1.80. The van der Waals surface area contributed by atoms with Crippen LogP contribution >= 0.6 is 15.9 Å². The zero-order valence-corrected chi connectivity index (χ0v) is 12.2. The van der Waals surface area contributed by atoms with E-state index in [0.717, 1.165) is 17.3 Å². The number of hydrogen-bond donors (Lipinski definition) is 2. The molecule has 2 heterocycles. The second-order valence-corrected chi connectivity index (χ2v) is 6.00. The van der Waals surface area contributed by atoms with E-state index < -0.39 is 17.8 Å². The molecule has 4 atom stereocenters.